The first-order chi connectivity index (χ1) is 13.0. The third-order valence-electron chi connectivity index (χ3n) is 3.78. The van der Waals surface area contributed by atoms with Crippen LogP contribution in [0, 0.1) is 0 Å². The molecule has 8 heteroatoms. The molecule has 0 fully saturated rings. The van der Waals surface area contributed by atoms with Gasteiger partial charge < -0.3 is 10.6 Å². The number of aromatic nitrogens is 2. The van der Waals surface area contributed by atoms with E-state index in [-0.39, 0.29) is 18.4 Å². The zero-order valence-corrected chi connectivity index (χ0v) is 15.7. The van der Waals surface area contributed by atoms with Gasteiger partial charge in [0.05, 0.1) is 29.3 Å². The van der Waals surface area contributed by atoms with E-state index in [0.717, 1.165) is 5.56 Å². The Morgan fingerprint density at radius 3 is 2.56 bits per heavy atom. The van der Waals surface area contributed by atoms with Crippen molar-refractivity contribution in [1.82, 2.24) is 15.1 Å². The van der Waals surface area contributed by atoms with Crippen LogP contribution in [-0.4, -0.2) is 28.1 Å². The van der Waals surface area contributed by atoms with Crippen LogP contribution in [0.4, 0.5) is 5.82 Å². The van der Waals surface area contributed by atoms with E-state index < -0.39 is 0 Å². The summed E-state index contributed by atoms with van der Waals surface area (Å²) in [6.45, 7) is 0.190. The van der Waals surface area contributed by atoms with Crippen LogP contribution in [0.3, 0.4) is 0 Å². The number of amides is 2. The summed E-state index contributed by atoms with van der Waals surface area (Å²) in [5, 5.41) is 10.4. The normalized spacial score (nSPS) is 10.4. The summed E-state index contributed by atoms with van der Waals surface area (Å²) in [7, 11) is 0. The summed E-state index contributed by atoms with van der Waals surface area (Å²) in [4.78, 5) is 24.2. The zero-order chi connectivity index (χ0) is 19.2. The van der Waals surface area contributed by atoms with Gasteiger partial charge in [0, 0.05) is 11.6 Å². The average molecular weight is 403 g/mol. The molecule has 0 aliphatic heterocycles. The summed E-state index contributed by atoms with van der Waals surface area (Å²) in [6.07, 6.45) is 1.57. The first-order valence-electron chi connectivity index (χ1n) is 8.12. The van der Waals surface area contributed by atoms with Crippen molar-refractivity contribution in [2.75, 3.05) is 11.9 Å². The fraction of sp³-hybridized carbons (Fsp3) is 0.105. The van der Waals surface area contributed by atoms with E-state index >= 15 is 0 Å². The van der Waals surface area contributed by atoms with Gasteiger partial charge in [-0.3, -0.25) is 9.59 Å². The highest BCUT2D eigenvalue weighted by atomic mass is 35.5. The van der Waals surface area contributed by atoms with Crippen LogP contribution in [0.5, 0.6) is 0 Å². The number of hydrogen-bond acceptors (Lipinski definition) is 3. The summed E-state index contributed by atoms with van der Waals surface area (Å²) in [6, 6.07) is 15.7. The molecule has 0 saturated carbocycles. The highest BCUT2D eigenvalue weighted by Crippen LogP contribution is 2.26. The molecule has 0 atom stereocenters. The van der Waals surface area contributed by atoms with E-state index in [9.17, 15) is 9.59 Å². The van der Waals surface area contributed by atoms with Gasteiger partial charge in [-0.2, -0.15) is 5.10 Å². The van der Waals surface area contributed by atoms with Gasteiger partial charge in [0.2, 0.25) is 5.91 Å². The molecule has 138 valence electrons. The Bertz CT molecular complexity index is 957. The summed E-state index contributed by atoms with van der Waals surface area (Å²) < 4.78 is 1.59. The second-order valence-corrected chi connectivity index (χ2v) is 6.47. The Hall–Kier alpha value is -2.83. The lowest BCUT2D eigenvalue weighted by Gasteiger charge is -2.11. The first kappa shape index (κ1) is 18.9. The number of benzene rings is 2. The van der Waals surface area contributed by atoms with Gasteiger partial charge in [0.15, 0.2) is 0 Å². The minimum atomic E-state index is -0.363. The molecule has 0 aliphatic rings. The van der Waals surface area contributed by atoms with Crippen LogP contribution >= 0.6 is 23.2 Å². The van der Waals surface area contributed by atoms with E-state index in [2.05, 4.69) is 15.7 Å². The SMILES string of the molecule is O=C(CNC(=O)c1ccccc1)Nc1ccnn1Cc1cccc(Cl)c1Cl. The monoisotopic (exact) mass is 402 g/mol. The molecule has 0 bridgehead atoms. The highest BCUT2D eigenvalue weighted by Gasteiger charge is 2.12. The zero-order valence-electron chi connectivity index (χ0n) is 14.2. The van der Waals surface area contributed by atoms with Crippen molar-refractivity contribution in [2.24, 2.45) is 0 Å². The Morgan fingerprint density at radius 1 is 1.00 bits per heavy atom. The number of anilines is 1. The molecule has 27 heavy (non-hydrogen) atoms. The van der Waals surface area contributed by atoms with Crippen LogP contribution in [0.2, 0.25) is 10.0 Å². The number of nitrogens with zero attached hydrogens (tertiary/aromatic N) is 2. The number of carbonyl (C=O) groups excluding carboxylic acids is 2. The van der Waals surface area contributed by atoms with Gasteiger partial charge in [0.1, 0.15) is 5.82 Å². The van der Waals surface area contributed by atoms with Crippen molar-refractivity contribution in [3.8, 4) is 0 Å². The number of halogens is 2. The van der Waals surface area contributed by atoms with Gasteiger partial charge in [-0.1, -0.05) is 53.5 Å². The number of hydrogen-bond donors (Lipinski definition) is 2. The lowest BCUT2D eigenvalue weighted by Crippen LogP contribution is -2.33. The lowest BCUT2D eigenvalue weighted by molar-refractivity contribution is -0.115. The molecule has 2 N–H and O–H groups in total. The van der Waals surface area contributed by atoms with Crippen LogP contribution in [0.15, 0.2) is 60.8 Å². The summed E-state index contributed by atoms with van der Waals surface area (Å²) in [5.74, 6) is -0.187. The van der Waals surface area contributed by atoms with Crippen molar-refractivity contribution in [2.45, 2.75) is 6.54 Å². The topological polar surface area (TPSA) is 76.0 Å². The van der Waals surface area contributed by atoms with Gasteiger partial charge in [-0.05, 0) is 23.8 Å². The predicted octanol–water partition coefficient (Wildman–Crippen LogP) is 3.61. The van der Waals surface area contributed by atoms with Crippen molar-refractivity contribution in [3.63, 3.8) is 0 Å². The molecule has 0 radical (unpaired) electrons. The molecule has 6 nitrogen and oxygen atoms in total. The second-order valence-electron chi connectivity index (χ2n) is 5.68. The first-order valence-corrected chi connectivity index (χ1v) is 8.88. The Kier molecular flexibility index (Phi) is 6.11. The number of nitrogens with one attached hydrogen (secondary N) is 2. The molecule has 3 rings (SSSR count). The van der Waals surface area contributed by atoms with Crippen LogP contribution in [0.1, 0.15) is 15.9 Å². The Balaban J connectivity index is 1.60. The fourth-order valence-corrected chi connectivity index (χ4v) is 2.82. The van der Waals surface area contributed by atoms with Crippen LogP contribution < -0.4 is 10.6 Å². The molecular formula is C19H16Cl2N4O2. The minimum Gasteiger partial charge on any atom is -0.343 e. The maximum atomic E-state index is 12.2. The molecule has 1 aromatic heterocycles. The molecule has 0 unspecified atom stereocenters. The third kappa shape index (κ3) is 4.87. The van der Waals surface area contributed by atoms with Gasteiger partial charge >= 0.3 is 0 Å². The predicted molar refractivity (Wildman–Crippen MR) is 105 cm³/mol. The standard InChI is InChI=1S/C19H16Cl2N4O2/c20-15-8-4-7-14(18(15)21)12-25-16(9-10-23-25)24-17(26)11-22-19(27)13-5-2-1-3-6-13/h1-10H,11-12H2,(H,22,27)(H,24,26). The molecule has 3 aromatic rings. The largest absolute Gasteiger partial charge is 0.343 e. The van der Waals surface area contributed by atoms with Crippen molar-refractivity contribution in [3.05, 3.63) is 82.0 Å². The van der Waals surface area contributed by atoms with Gasteiger partial charge in [-0.15, -0.1) is 0 Å². The quantitative estimate of drug-likeness (QED) is 0.660. The molecule has 0 saturated heterocycles. The summed E-state index contributed by atoms with van der Waals surface area (Å²) in [5.41, 5.74) is 1.27. The molecule has 2 aromatic carbocycles. The summed E-state index contributed by atoms with van der Waals surface area (Å²) >= 11 is 12.2. The molecular weight excluding hydrogens is 387 g/mol. The highest BCUT2D eigenvalue weighted by molar-refractivity contribution is 6.42. The van der Waals surface area contributed by atoms with Crippen LogP contribution in [-0.2, 0) is 11.3 Å². The maximum Gasteiger partial charge on any atom is 0.251 e. The second kappa shape index (κ2) is 8.70. The molecule has 0 spiro atoms. The van der Waals surface area contributed by atoms with Crippen molar-refractivity contribution < 1.29 is 9.59 Å². The number of rotatable bonds is 6. The molecule has 0 aliphatic carbocycles. The Morgan fingerprint density at radius 2 is 1.78 bits per heavy atom. The van der Waals surface area contributed by atoms with Crippen LogP contribution in [0.25, 0.3) is 0 Å². The third-order valence-corrected chi connectivity index (χ3v) is 4.64. The van der Waals surface area contributed by atoms with Crippen molar-refractivity contribution in [1.29, 1.82) is 0 Å². The van der Waals surface area contributed by atoms with Gasteiger partial charge in [-0.25, -0.2) is 4.68 Å². The minimum absolute atomic E-state index is 0.156. The van der Waals surface area contributed by atoms with Crippen molar-refractivity contribution >= 4 is 40.8 Å². The fourth-order valence-electron chi connectivity index (χ4n) is 2.44. The maximum absolute atomic E-state index is 12.2. The molecule has 2 amide bonds. The van der Waals surface area contributed by atoms with E-state index in [1.54, 1.807) is 53.3 Å². The Labute approximate surface area is 166 Å². The average Bonchev–Trinajstić information content (AvgIpc) is 3.11. The number of carbonyl (C=O) groups is 2. The van der Waals surface area contributed by atoms with E-state index in [0.29, 0.717) is 28.0 Å². The molecule has 1 heterocycles. The van der Waals surface area contributed by atoms with E-state index in [1.807, 2.05) is 12.1 Å². The van der Waals surface area contributed by atoms with Gasteiger partial charge in [0.25, 0.3) is 5.91 Å². The van der Waals surface area contributed by atoms with E-state index in [1.165, 1.54) is 0 Å². The lowest BCUT2D eigenvalue weighted by atomic mass is 10.2. The smallest absolute Gasteiger partial charge is 0.251 e. The van der Waals surface area contributed by atoms with E-state index in [4.69, 9.17) is 23.2 Å².